The van der Waals surface area contributed by atoms with E-state index in [-0.39, 0.29) is 20.7 Å². The summed E-state index contributed by atoms with van der Waals surface area (Å²) in [6, 6.07) is 10.2. The Morgan fingerprint density at radius 2 is 1.58 bits per heavy atom. The van der Waals surface area contributed by atoms with Crippen LogP contribution in [0.3, 0.4) is 0 Å². The molecule has 3 nitrogen and oxygen atoms in total. The summed E-state index contributed by atoms with van der Waals surface area (Å²) < 4.78 is 29.1. The Morgan fingerprint density at radius 3 is 2.21 bits per heavy atom. The van der Waals surface area contributed by atoms with Gasteiger partial charge in [-0.15, -0.1) is 0 Å². The molecule has 0 atom stereocenters. The van der Waals surface area contributed by atoms with Crippen molar-refractivity contribution in [2.75, 3.05) is 0 Å². The van der Waals surface area contributed by atoms with Gasteiger partial charge in [-0.3, -0.25) is 0 Å². The van der Waals surface area contributed by atoms with E-state index in [1.165, 1.54) is 30.3 Å². The van der Waals surface area contributed by atoms with Crippen molar-refractivity contribution in [3.63, 3.8) is 0 Å². The van der Waals surface area contributed by atoms with E-state index in [1.807, 2.05) is 0 Å². The first kappa shape index (κ1) is 14.5. The van der Waals surface area contributed by atoms with Gasteiger partial charge in [0.2, 0.25) is 0 Å². The van der Waals surface area contributed by atoms with Gasteiger partial charge in [0.25, 0.3) is 0 Å². The maximum Gasteiger partial charge on any atom is 0.340 e. The van der Waals surface area contributed by atoms with Crippen molar-refractivity contribution in [1.82, 2.24) is 0 Å². The molecular weight excluding hydrogens is 331 g/mol. The molecule has 0 aliphatic carbocycles. The van der Waals surface area contributed by atoms with Gasteiger partial charge in [-0.2, -0.15) is 8.42 Å². The summed E-state index contributed by atoms with van der Waals surface area (Å²) in [5, 5.41) is 0.559. The molecule has 0 saturated carbocycles. The van der Waals surface area contributed by atoms with Crippen LogP contribution in [0.25, 0.3) is 0 Å². The van der Waals surface area contributed by atoms with Crippen LogP contribution in [0.4, 0.5) is 0 Å². The third-order valence-corrected chi connectivity index (χ3v) is 4.47. The summed E-state index contributed by atoms with van der Waals surface area (Å²) in [6.07, 6.45) is 0. The molecule has 0 bridgehead atoms. The number of benzene rings is 2. The second-order valence-electron chi connectivity index (χ2n) is 3.54. The van der Waals surface area contributed by atoms with E-state index in [2.05, 4.69) is 0 Å². The minimum absolute atomic E-state index is 0.00835. The van der Waals surface area contributed by atoms with Crippen LogP contribution >= 0.6 is 34.8 Å². The van der Waals surface area contributed by atoms with Gasteiger partial charge in [-0.1, -0.05) is 46.9 Å². The zero-order valence-electron chi connectivity index (χ0n) is 9.31. The summed E-state index contributed by atoms with van der Waals surface area (Å²) in [7, 11) is -4.04. The van der Waals surface area contributed by atoms with Gasteiger partial charge < -0.3 is 4.18 Å². The van der Waals surface area contributed by atoms with E-state index in [1.54, 1.807) is 12.1 Å². The Bertz CT molecular complexity index is 714. The number of hydrogen-bond acceptors (Lipinski definition) is 3. The van der Waals surface area contributed by atoms with E-state index < -0.39 is 10.1 Å². The maximum absolute atomic E-state index is 12.1. The molecule has 2 rings (SSSR count). The Labute approximate surface area is 125 Å². The highest BCUT2D eigenvalue weighted by Crippen LogP contribution is 2.31. The highest BCUT2D eigenvalue weighted by molar-refractivity contribution is 7.87. The molecule has 0 unspecified atom stereocenters. The molecule has 7 heteroatoms. The first-order valence-electron chi connectivity index (χ1n) is 5.04. The lowest BCUT2D eigenvalue weighted by molar-refractivity contribution is 0.486. The lowest BCUT2D eigenvalue weighted by Gasteiger charge is -2.09. The van der Waals surface area contributed by atoms with Gasteiger partial charge in [0.05, 0.1) is 10.0 Å². The third kappa shape index (κ3) is 3.34. The summed E-state index contributed by atoms with van der Waals surface area (Å²) in [5.74, 6) is -0.00835. The van der Waals surface area contributed by atoms with Gasteiger partial charge in [0.15, 0.2) is 5.75 Å². The van der Waals surface area contributed by atoms with Crippen LogP contribution in [0.15, 0.2) is 47.4 Å². The molecule has 0 radical (unpaired) electrons. The van der Waals surface area contributed by atoms with Gasteiger partial charge >= 0.3 is 10.1 Å². The molecule has 0 amide bonds. The zero-order valence-corrected chi connectivity index (χ0v) is 12.4. The van der Waals surface area contributed by atoms with Crippen molar-refractivity contribution in [2.45, 2.75) is 4.90 Å². The SMILES string of the molecule is O=S(=O)(Oc1ccc(Cl)cc1Cl)c1ccccc1Cl. The molecule has 0 aliphatic heterocycles. The average Bonchev–Trinajstić information content (AvgIpc) is 2.33. The fraction of sp³-hybridized carbons (Fsp3) is 0. The molecule has 100 valence electrons. The molecule has 0 aliphatic rings. The van der Waals surface area contributed by atoms with Crippen molar-refractivity contribution in [2.24, 2.45) is 0 Å². The van der Waals surface area contributed by atoms with Crippen molar-refractivity contribution in [3.8, 4) is 5.75 Å². The van der Waals surface area contributed by atoms with E-state index in [0.29, 0.717) is 5.02 Å². The highest BCUT2D eigenvalue weighted by atomic mass is 35.5. The van der Waals surface area contributed by atoms with Gasteiger partial charge in [-0.05, 0) is 30.3 Å². The second kappa shape index (κ2) is 5.59. The normalized spacial score (nSPS) is 11.3. The van der Waals surface area contributed by atoms with Crippen LogP contribution in [-0.4, -0.2) is 8.42 Å². The summed E-state index contributed by atoms with van der Waals surface area (Å²) in [6.45, 7) is 0. The minimum atomic E-state index is -4.04. The molecular formula is C12H7Cl3O3S. The maximum atomic E-state index is 12.1. The van der Waals surface area contributed by atoms with Crippen molar-refractivity contribution in [1.29, 1.82) is 0 Å². The first-order chi connectivity index (χ1) is 8.90. The number of hydrogen-bond donors (Lipinski definition) is 0. The van der Waals surface area contributed by atoms with E-state index in [4.69, 9.17) is 39.0 Å². The molecule has 0 spiro atoms. The molecule has 19 heavy (non-hydrogen) atoms. The van der Waals surface area contributed by atoms with Crippen LogP contribution in [0.5, 0.6) is 5.75 Å². The number of halogens is 3. The predicted molar refractivity (Wildman–Crippen MR) is 75.7 cm³/mol. The largest absolute Gasteiger partial charge is 0.377 e. The van der Waals surface area contributed by atoms with E-state index in [0.717, 1.165) is 0 Å². The van der Waals surface area contributed by atoms with Gasteiger partial charge in [-0.25, -0.2) is 0 Å². The molecule has 0 aromatic heterocycles. The van der Waals surface area contributed by atoms with Crippen LogP contribution < -0.4 is 4.18 Å². The first-order valence-corrected chi connectivity index (χ1v) is 7.58. The van der Waals surface area contributed by atoms with Crippen molar-refractivity contribution >= 4 is 44.9 Å². The lowest BCUT2D eigenvalue weighted by atomic mass is 10.3. The standard InChI is InChI=1S/C12H7Cl3O3S/c13-8-5-6-11(10(15)7-8)18-19(16,17)12-4-2-1-3-9(12)14/h1-7H. The highest BCUT2D eigenvalue weighted by Gasteiger charge is 2.21. The monoisotopic (exact) mass is 336 g/mol. The Kier molecular flexibility index (Phi) is 4.26. The number of rotatable bonds is 3. The fourth-order valence-electron chi connectivity index (χ4n) is 1.35. The van der Waals surface area contributed by atoms with Crippen molar-refractivity contribution in [3.05, 3.63) is 57.5 Å². The van der Waals surface area contributed by atoms with E-state index >= 15 is 0 Å². The van der Waals surface area contributed by atoms with Crippen LogP contribution in [0.2, 0.25) is 15.1 Å². The fourth-order valence-corrected chi connectivity index (χ4v) is 3.29. The van der Waals surface area contributed by atoms with Crippen LogP contribution in [0.1, 0.15) is 0 Å². The second-order valence-corrected chi connectivity index (χ2v) is 6.31. The molecule has 0 heterocycles. The van der Waals surface area contributed by atoms with Crippen LogP contribution in [0, 0.1) is 0 Å². The summed E-state index contributed by atoms with van der Waals surface area (Å²) in [5.41, 5.74) is 0. The average molecular weight is 338 g/mol. The molecule has 2 aromatic carbocycles. The molecule has 2 aromatic rings. The Morgan fingerprint density at radius 1 is 0.895 bits per heavy atom. The predicted octanol–water partition coefficient (Wildman–Crippen LogP) is 4.41. The minimum Gasteiger partial charge on any atom is -0.377 e. The van der Waals surface area contributed by atoms with Crippen molar-refractivity contribution < 1.29 is 12.6 Å². The summed E-state index contributed by atoms with van der Waals surface area (Å²) in [4.78, 5) is -0.123. The molecule has 0 saturated heterocycles. The van der Waals surface area contributed by atoms with Gasteiger partial charge in [0.1, 0.15) is 4.90 Å². The Hall–Kier alpha value is -0.940. The zero-order chi connectivity index (χ0) is 14.0. The quantitative estimate of drug-likeness (QED) is 0.779. The third-order valence-electron chi connectivity index (χ3n) is 2.20. The molecule has 0 fully saturated rings. The molecule has 0 N–H and O–H groups in total. The smallest absolute Gasteiger partial charge is 0.340 e. The lowest BCUT2D eigenvalue weighted by Crippen LogP contribution is -2.10. The van der Waals surface area contributed by atoms with Crippen LogP contribution in [-0.2, 0) is 10.1 Å². The summed E-state index contributed by atoms with van der Waals surface area (Å²) >= 11 is 17.4. The topological polar surface area (TPSA) is 43.4 Å². The van der Waals surface area contributed by atoms with Gasteiger partial charge in [0, 0.05) is 5.02 Å². The van der Waals surface area contributed by atoms with E-state index in [9.17, 15) is 8.42 Å². The Balaban J connectivity index is 2.40.